The van der Waals surface area contributed by atoms with Gasteiger partial charge in [0.25, 0.3) is 5.91 Å². The van der Waals surface area contributed by atoms with E-state index in [-0.39, 0.29) is 16.1 Å². The summed E-state index contributed by atoms with van der Waals surface area (Å²) in [5.41, 5.74) is 2.40. The molecule has 0 aliphatic carbocycles. The van der Waals surface area contributed by atoms with Gasteiger partial charge in [0.15, 0.2) is 0 Å². The molecule has 4 nitrogen and oxygen atoms in total. The third-order valence-corrected chi connectivity index (χ3v) is 4.48. The fourth-order valence-corrected chi connectivity index (χ4v) is 2.98. The first-order valence-electron chi connectivity index (χ1n) is 8.06. The van der Waals surface area contributed by atoms with Gasteiger partial charge < -0.3 is 10.4 Å². The van der Waals surface area contributed by atoms with Gasteiger partial charge in [0.1, 0.15) is 5.82 Å². The zero-order valence-electron chi connectivity index (χ0n) is 14.3. The van der Waals surface area contributed by atoms with Gasteiger partial charge in [0.2, 0.25) is 0 Å². The number of aromatic carboxylic acids is 1. The summed E-state index contributed by atoms with van der Waals surface area (Å²) in [6.45, 7) is 1.61. The number of hydrogen-bond acceptors (Lipinski definition) is 2. The second kappa shape index (κ2) is 7.60. The molecule has 3 rings (SSSR count). The molecule has 0 spiro atoms. The molecular formula is C21H15ClFNO3. The predicted octanol–water partition coefficient (Wildman–Crippen LogP) is 5.41. The maximum atomic E-state index is 13.2. The van der Waals surface area contributed by atoms with Crippen LogP contribution in [0.5, 0.6) is 0 Å². The average molecular weight is 384 g/mol. The van der Waals surface area contributed by atoms with Crippen molar-refractivity contribution in [3.63, 3.8) is 0 Å². The quantitative estimate of drug-likeness (QED) is 0.633. The van der Waals surface area contributed by atoms with E-state index in [0.717, 1.165) is 17.7 Å². The van der Waals surface area contributed by atoms with Crippen LogP contribution in [0.4, 0.5) is 10.1 Å². The molecule has 0 atom stereocenters. The van der Waals surface area contributed by atoms with Gasteiger partial charge in [-0.2, -0.15) is 0 Å². The van der Waals surface area contributed by atoms with E-state index in [9.17, 15) is 19.1 Å². The van der Waals surface area contributed by atoms with Gasteiger partial charge >= 0.3 is 5.97 Å². The van der Waals surface area contributed by atoms with E-state index in [1.54, 1.807) is 19.1 Å². The van der Waals surface area contributed by atoms with Gasteiger partial charge in [-0.3, -0.25) is 4.79 Å². The molecule has 136 valence electrons. The molecule has 0 saturated heterocycles. The van der Waals surface area contributed by atoms with Gasteiger partial charge in [-0.15, -0.1) is 0 Å². The first-order valence-corrected chi connectivity index (χ1v) is 8.44. The summed E-state index contributed by atoms with van der Waals surface area (Å²) < 4.78 is 13.2. The molecule has 1 amide bonds. The summed E-state index contributed by atoms with van der Waals surface area (Å²) in [5, 5.41) is 12.2. The SMILES string of the molecule is Cc1c(NC(=O)c2ccc(F)cc2Cl)cc(-c2ccccc2)cc1C(=O)O. The van der Waals surface area contributed by atoms with Crippen molar-refractivity contribution in [2.45, 2.75) is 6.92 Å². The van der Waals surface area contributed by atoms with E-state index in [2.05, 4.69) is 5.32 Å². The number of halogens is 2. The summed E-state index contributed by atoms with van der Waals surface area (Å²) in [4.78, 5) is 24.2. The smallest absolute Gasteiger partial charge is 0.336 e. The zero-order valence-corrected chi connectivity index (χ0v) is 15.0. The van der Waals surface area contributed by atoms with Crippen molar-refractivity contribution in [2.75, 3.05) is 5.32 Å². The molecule has 0 fully saturated rings. The number of rotatable bonds is 4. The van der Waals surface area contributed by atoms with Crippen molar-refractivity contribution >= 4 is 29.2 Å². The van der Waals surface area contributed by atoms with Gasteiger partial charge in [0.05, 0.1) is 16.1 Å². The van der Waals surface area contributed by atoms with Crippen molar-refractivity contribution in [3.05, 3.63) is 88.2 Å². The maximum absolute atomic E-state index is 13.2. The monoisotopic (exact) mass is 383 g/mol. The Morgan fingerprint density at radius 1 is 0.963 bits per heavy atom. The number of anilines is 1. The highest BCUT2D eigenvalue weighted by molar-refractivity contribution is 6.34. The molecule has 6 heteroatoms. The lowest BCUT2D eigenvalue weighted by Gasteiger charge is -2.14. The van der Waals surface area contributed by atoms with Gasteiger partial charge in [-0.25, -0.2) is 9.18 Å². The maximum Gasteiger partial charge on any atom is 0.336 e. The van der Waals surface area contributed by atoms with Gasteiger partial charge in [-0.05, 0) is 53.9 Å². The Bertz CT molecular complexity index is 1040. The van der Waals surface area contributed by atoms with Gasteiger partial charge in [-0.1, -0.05) is 41.9 Å². The Kier molecular flexibility index (Phi) is 5.23. The first-order chi connectivity index (χ1) is 12.9. The summed E-state index contributed by atoms with van der Waals surface area (Å²) >= 11 is 5.94. The van der Waals surface area contributed by atoms with Gasteiger partial charge in [0, 0.05) is 5.69 Å². The van der Waals surface area contributed by atoms with E-state index < -0.39 is 17.7 Å². The van der Waals surface area contributed by atoms with E-state index in [0.29, 0.717) is 16.8 Å². The van der Waals surface area contributed by atoms with Crippen molar-refractivity contribution in [2.24, 2.45) is 0 Å². The fraction of sp³-hybridized carbons (Fsp3) is 0.0476. The van der Waals surface area contributed by atoms with Crippen LogP contribution in [0, 0.1) is 12.7 Å². The van der Waals surface area contributed by atoms with Crippen molar-refractivity contribution in [3.8, 4) is 11.1 Å². The lowest BCUT2D eigenvalue weighted by molar-refractivity contribution is 0.0695. The minimum absolute atomic E-state index is 0.0252. The van der Waals surface area contributed by atoms with Crippen molar-refractivity contribution < 1.29 is 19.1 Å². The van der Waals surface area contributed by atoms with Crippen LogP contribution < -0.4 is 5.32 Å². The average Bonchev–Trinajstić information content (AvgIpc) is 2.63. The summed E-state index contributed by atoms with van der Waals surface area (Å²) in [6, 6.07) is 16.0. The largest absolute Gasteiger partial charge is 0.478 e. The van der Waals surface area contributed by atoms with E-state index in [4.69, 9.17) is 11.6 Å². The Balaban J connectivity index is 2.05. The second-order valence-electron chi connectivity index (χ2n) is 5.95. The highest BCUT2D eigenvalue weighted by atomic mass is 35.5. The number of hydrogen-bond donors (Lipinski definition) is 2. The number of nitrogens with one attached hydrogen (secondary N) is 1. The van der Waals surface area contributed by atoms with Crippen LogP contribution in [-0.2, 0) is 0 Å². The minimum Gasteiger partial charge on any atom is -0.478 e. The number of carbonyl (C=O) groups excluding carboxylic acids is 1. The second-order valence-corrected chi connectivity index (χ2v) is 6.35. The topological polar surface area (TPSA) is 66.4 Å². The predicted molar refractivity (Wildman–Crippen MR) is 103 cm³/mol. The van der Waals surface area contributed by atoms with E-state index in [1.807, 2.05) is 30.3 Å². The first kappa shape index (κ1) is 18.6. The van der Waals surface area contributed by atoms with Crippen molar-refractivity contribution in [1.29, 1.82) is 0 Å². The molecule has 0 bridgehead atoms. The molecule has 0 saturated carbocycles. The Hall–Kier alpha value is -3.18. The molecule has 0 aliphatic rings. The van der Waals surface area contributed by atoms with Crippen molar-refractivity contribution in [1.82, 2.24) is 0 Å². The molecule has 0 aromatic heterocycles. The molecule has 27 heavy (non-hydrogen) atoms. The third-order valence-electron chi connectivity index (χ3n) is 4.17. The Morgan fingerprint density at radius 2 is 1.67 bits per heavy atom. The summed E-state index contributed by atoms with van der Waals surface area (Å²) in [7, 11) is 0. The van der Waals surface area contributed by atoms with E-state index in [1.165, 1.54) is 6.07 Å². The minimum atomic E-state index is -1.10. The van der Waals surface area contributed by atoms with Crippen LogP contribution in [0.2, 0.25) is 5.02 Å². The number of carbonyl (C=O) groups is 2. The van der Waals surface area contributed by atoms with Crippen LogP contribution in [-0.4, -0.2) is 17.0 Å². The number of amides is 1. The van der Waals surface area contributed by atoms with Crippen LogP contribution in [0.15, 0.2) is 60.7 Å². The number of carboxylic acid groups (broad SMARTS) is 1. The van der Waals surface area contributed by atoms with Crippen LogP contribution >= 0.6 is 11.6 Å². The molecule has 0 heterocycles. The number of carboxylic acids is 1. The number of benzene rings is 3. The Labute approximate surface area is 160 Å². The molecule has 0 unspecified atom stereocenters. The highest BCUT2D eigenvalue weighted by Crippen LogP contribution is 2.29. The normalized spacial score (nSPS) is 10.5. The van der Waals surface area contributed by atoms with Crippen LogP contribution in [0.1, 0.15) is 26.3 Å². The van der Waals surface area contributed by atoms with Crippen LogP contribution in [0.3, 0.4) is 0 Å². The molecule has 3 aromatic carbocycles. The molecular weight excluding hydrogens is 369 g/mol. The summed E-state index contributed by atoms with van der Waals surface area (Å²) in [6.07, 6.45) is 0. The van der Waals surface area contributed by atoms with Crippen LogP contribution in [0.25, 0.3) is 11.1 Å². The molecule has 0 radical (unpaired) electrons. The zero-order chi connectivity index (χ0) is 19.6. The summed E-state index contributed by atoms with van der Waals surface area (Å²) in [5.74, 6) is -2.20. The molecule has 0 aliphatic heterocycles. The lowest BCUT2D eigenvalue weighted by Crippen LogP contribution is -2.15. The Morgan fingerprint density at radius 3 is 2.30 bits per heavy atom. The van der Waals surface area contributed by atoms with E-state index >= 15 is 0 Å². The molecule has 3 aromatic rings. The highest BCUT2D eigenvalue weighted by Gasteiger charge is 2.17. The fourth-order valence-electron chi connectivity index (χ4n) is 2.73. The lowest BCUT2D eigenvalue weighted by atomic mass is 9.97. The third kappa shape index (κ3) is 3.99. The standard InChI is InChI=1S/C21H15ClFNO3/c1-12-17(21(26)27)9-14(13-5-3-2-4-6-13)10-19(12)24-20(25)16-8-7-15(23)11-18(16)22/h2-11H,1H3,(H,24,25)(H,26,27). The molecule has 2 N–H and O–H groups in total.